The van der Waals surface area contributed by atoms with Crippen LogP contribution >= 0.6 is 0 Å². The van der Waals surface area contributed by atoms with Gasteiger partial charge in [-0.05, 0) is 24.8 Å². The minimum atomic E-state index is -0.905. The number of hydrogen-bond donors (Lipinski definition) is 3. The first-order valence-electron chi connectivity index (χ1n) is 7.13. The van der Waals surface area contributed by atoms with Crippen LogP contribution in [0.3, 0.4) is 0 Å². The lowest BCUT2D eigenvalue weighted by atomic mass is 9.94. The lowest BCUT2D eigenvalue weighted by Crippen LogP contribution is -2.59. The molecule has 0 radical (unpaired) electrons. The number of fused-ring (bicyclic) bond motifs is 2. The highest BCUT2D eigenvalue weighted by Gasteiger charge is 2.48. The summed E-state index contributed by atoms with van der Waals surface area (Å²) in [6.07, 6.45) is 0.794. The van der Waals surface area contributed by atoms with Gasteiger partial charge in [0.2, 0.25) is 0 Å². The first-order chi connectivity index (χ1) is 9.66. The fourth-order valence-corrected chi connectivity index (χ4v) is 3.53. The van der Waals surface area contributed by atoms with E-state index in [0.29, 0.717) is 13.0 Å². The van der Waals surface area contributed by atoms with E-state index in [1.165, 1.54) is 10.5 Å². The summed E-state index contributed by atoms with van der Waals surface area (Å²) in [5.74, 6) is 0. The van der Waals surface area contributed by atoms with Crippen molar-refractivity contribution in [2.75, 3.05) is 0 Å². The molecule has 2 saturated heterocycles. The average molecular weight is 276 g/mol. The number of rotatable bonds is 3. The zero-order chi connectivity index (χ0) is 14.1. The van der Waals surface area contributed by atoms with Gasteiger partial charge in [0.05, 0.1) is 12.1 Å². The SMILES string of the molecule is O=C(O)N1[C@H]2CC[C@@H]1[C@@H](O)[C@H](NCc1ccccc1)C2. The van der Waals surface area contributed by atoms with Gasteiger partial charge in [-0.15, -0.1) is 0 Å². The number of carbonyl (C=O) groups is 1. The molecule has 2 fully saturated rings. The molecule has 2 aliphatic rings. The van der Waals surface area contributed by atoms with Crippen molar-refractivity contribution in [2.24, 2.45) is 0 Å². The van der Waals surface area contributed by atoms with Crippen LogP contribution in [0.5, 0.6) is 0 Å². The predicted molar refractivity (Wildman–Crippen MR) is 74.4 cm³/mol. The van der Waals surface area contributed by atoms with E-state index in [-0.39, 0.29) is 18.1 Å². The van der Waals surface area contributed by atoms with Crippen LogP contribution < -0.4 is 5.32 Å². The largest absolute Gasteiger partial charge is 0.465 e. The predicted octanol–water partition coefficient (Wildman–Crippen LogP) is 1.42. The number of nitrogens with one attached hydrogen (secondary N) is 1. The van der Waals surface area contributed by atoms with E-state index in [1.54, 1.807) is 0 Å². The first-order valence-corrected chi connectivity index (χ1v) is 7.13. The molecule has 20 heavy (non-hydrogen) atoms. The summed E-state index contributed by atoms with van der Waals surface area (Å²) in [6, 6.07) is 9.82. The van der Waals surface area contributed by atoms with Gasteiger partial charge in [-0.25, -0.2) is 4.79 Å². The molecule has 108 valence electrons. The van der Waals surface area contributed by atoms with Crippen LogP contribution in [0.1, 0.15) is 24.8 Å². The van der Waals surface area contributed by atoms with Gasteiger partial charge >= 0.3 is 6.09 Å². The van der Waals surface area contributed by atoms with Crippen LogP contribution in [-0.2, 0) is 6.54 Å². The maximum Gasteiger partial charge on any atom is 0.407 e. The van der Waals surface area contributed by atoms with Crippen LogP contribution in [0.2, 0.25) is 0 Å². The zero-order valence-corrected chi connectivity index (χ0v) is 11.3. The van der Waals surface area contributed by atoms with Gasteiger partial charge in [-0.1, -0.05) is 30.3 Å². The van der Waals surface area contributed by atoms with Crippen LogP contribution in [0, 0.1) is 0 Å². The van der Waals surface area contributed by atoms with Crippen molar-refractivity contribution < 1.29 is 15.0 Å². The molecule has 1 amide bonds. The number of nitrogens with zero attached hydrogens (tertiary/aromatic N) is 1. The number of carboxylic acid groups (broad SMARTS) is 1. The molecule has 1 aromatic carbocycles. The Hall–Kier alpha value is -1.59. The maximum absolute atomic E-state index is 11.2. The summed E-state index contributed by atoms with van der Waals surface area (Å²) in [7, 11) is 0. The Morgan fingerprint density at radius 3 is 2.75 bits per heavy atom. The van der Waals surface area contributed by atoms with Crippen LogP contribution in [0.25, 0.3) is 0 Å². The molecule has 0 aliphatic carbocycles. The number of piperidine rings is 1. The number of aliphatic hydroxyl groups is 1. The van der Waals surface area contributed by atoms with Gasteiger partial charge in [-0.2, -0.15) is 0 Å². The molecule has 3 rings (SSSR count). The molecule has 0 aromatic heterocycles. The number of benzene rings is 1. The summed E-state index contributed by atoms with van der Waals surface area (Å²) in [6.45, 7) is 0.703. The Morgan fingerprint density at radius 1 is 1.30 bits per heavy atom. The third-order valence-electron chi connectivity index (χ3n) is 4.51. The number of amides is 1. The Kier molecular flexibility index (Phi) is 3.63. The molecule has 5 heteroatoms. The quantitative estimate of drug-likeness (QED) is 0.780. The van der Waals surface area contributed by atoms with E-state index in [4.69, 9.17) is 0 Å². The molecule has 1 aromatic rings. The summed E-state index contributed by atoms with van der Waals surface area (Å²) in [4.78, 5) is 12.7. The van der Waals surface area contributed by atoms with E-state index in [1.807, 2.05) is 30.3 Å². The molecule has 2 bridgehead atoms. The highest BCUT2D eigenvalue weighted by molar-refractivity contribution is 5.66. The van der Waals surface area contributed by atoms with E-state index < -0.39 is 12.2 Å². The minimum absolute atomic E-state index is 0.0247. The van der Waals surface area contributed by atoms with Gasteiger partial charge in [0, 0.05) is 18.6 Å². The highest BCUT2D eigenvalue weighted by atomic mass is 16.4. The fourth-order valence-electron chi connectivity index (χ4n) is 3.53. The van der Waals surface area contributed by atoms with Crippen molar-refractivity contribution in [2.45, 2.75) is 50.0 Å². The van der Waals surface area contributed by atoms with Crippen molar-refractivity contribution in [3.05, 3.63) is 35.9 Å². The van der Waals surface area contributed by atoms with Crippen molar-refractivity contribution >= 4 is 6.09 Å². The maximum atomic E-state index is 11.2. The van der Waals surface area contributed by atoms with Crippen LogP contribution in [-0.4, -0.2) is 45.4 Å². The highest BCUT2D eigenvalue weighted by Crippen LogP contribution is 2.36. The van der Waals surface area contributed by atoms with E-state index >= 15 is 0 Å². The smallest absolute Gasteiger partial charge is 0.407 e. The second-order valence-electron chi connectivity index (χ2n) is 5.69. The normalized spacial score (nSPS) is 32.4. The summed E-state index contributed by atoms with van der Waals surface area (Å²) < 4.78 is 0. The topological polar surface area (TPSA) is 72.8 Å². The van der Waals surface area contributed by atoms with Crippen LogP contribution in [0.15, 0.2) is 30.3 Å². The summed E-state index contributed by atoms with van der Waals surface area (Å²) in [5, 5.41) is 23.0. The van der Waals surface area contributed by atoms with Gasteiger partial charge in [0.1, 0.15) is 0 Å². The zero-order valence-electron chi connectivity index (χ0n) is 11.3. The van der Waals surface area contributed by atoms with Gasteiger partial charge in [0.25, 0.3) is 0 Å². The molecule has 4 atom stereocenters. The van der Waals surface area contributed by atoms with E-state index in [9.17, 15) is 15.0 Å². The number of aliphatic hydroxyl groups excluding tert-OH is 1. The molecule has 0 unspecified atom stereocenters. The van der Waals surface area contributed by atoms with Crippen molar-refractivity contribution in [1.29, 1.82) is 0 Å². The molecule has 3 N–H and O–H groups in total. The second kappa shape index (κ2) is 5.42. The Bertz CT molecular complexity index is 479. The molecular formula is C15H20N2O3. The molecular weight excluding hydrogens is 256 g/mol. The fraction of sp³-hybridized carbons (Fsp3) is 0.533. The number of hydrogen-bond acceptors (Lipinski definition) is 3. The lowest BCUT2D eigenvalue weighted by Gasteiger charge is -2.41. The molecule has 2 aliphatic heterocycles. The van der Waals surface area contributed by atoms with Crippen molar-refractivity contribution in [1.82, 2.24) is 10.2 Å². The Morgan fingerprint density at radius 2 is 2.05 bits per heavy atom. The third-order valence-corrected chi connectivity index (χ3v) is 4.51. The van der Waals surface area contributed by atoms with Gasteiger partial charge < -0.3 is 15.5 Å². The average Bonchev–Trinajstić information content (AvgIpc) is 2.80. The lowest BCUT2D eigenvalue weighted by molar-refractivity contribution is -0.00382. The molecule has 0 spiro atoms. The van der Waals surface area contributed by atoms with E-state index in [2.05, 4.69) is 5.32 Å². The standard InChI is InChI=1S/C15H20N2O3/c18-14-12(16-9-10-4-2-1-3-5-10)8-11-6-7-13(14)17(11)15(19)20/h1-5,11-14,16,18H,6-9H2,(H,19,20)/t11-,12+,13+,14-/m0/s1. The van der Waals surface area contributed by atoms with Gasteiger partial charge in [-0.3, -0.25) is 4.90 Å². The molecule has 0 saturated carbocycles. The third kappa shape index (κ3) is 2.39. The second-order valence-corrected chi connectivity index (χ2v) is 5.69. The minimum Gasteiger partial charge on any atom is -0.465 e. The monoisotopic (exact) mass is 276 g/mol. The van der Waals surface area contributed by atoms with Gasteiger partial charge in [0.15, 0.2) is 0 Å². The van der Waals surface area contributed by atoms with Crippen molar-refractivity contribution in [3.8, 4) is 0 Å². The van der Waals surface area contributed by atoms with Crippen LogP contribution in [0.4, 0.5) is 4.79 Å². The first kappa shape index (κ1) is 13.4. The van der Waals surface area contributed by atoms with Crippen molar-refractivity contribution in [3.63, 3.8) is 0 Å². The Labute approximate surface area is 118 Å². The summed E-state index contributed by atoms with van der Waals surface area (Å²) in [5.41, 5.74) is 1.17. The Balaban J connectivity index is 1.64. The summed E-state index contributed by atoms with van der Waals surface area (Å²) >= 11 is 0. The molecule has 2 heterocycles. The van der Waals surface area contributed by atoms with E-state index in [0.717, 1.165) is 12.8 Å². The molecule has 5 nitrogen and oxygen atoms in total.